The maximum absolute atomic E-state index is 5.66. The summed E-state index contributed by atoms with van der Waals surface area (Å²) < 4.78 is 24.0. The molecule has 0 N–H and O–H groups in total. The van der Waals surface area contributed by atoms with Crippen LogP contribution in [0.15, 0.2) is 48.5 Å². The smallest absolute Gasteiger partial charge is 0.203 e. The van der Waals surface area contributed by atoms with Gasteiger partial charge < -0.3 is 23.5 Å². The molecule has 0 bridgehead atoms. The fraction of sp³-hybridized carbons (Fsp3) is 0.238. The molecule has 0 saturated carbocycles. The minimum Gasteiger partial charge on any atom is -0.497 e. The maximum Gasteiger partial charge on any atom is 0.203 e. The van der Waals surface area contributed by atoms with E-state index in [9.17, 15) is 0 Å². The van der Waals surface area contributed by atoms with Crippen LogP contribution in [0.3, 0.4) is 0 Å². The van der Waals surface area contributed by atoms with Crippen LogP contribution >= 0.6 is 0 Å². The molecule has 0 aliphatic carbocycles. The van der Waals surface area contributed by atoms with E-state index >= 15 is 0 Å². The molecule has 0 atom stereocenters. The summed E-state index contributed by atoms with van der Waals surface area (Å²) in [5, 5.41) is 0. The molecule has 26 heavy (non-hydrogen) atoms. The highest BCUT2D eigenvalue weighted by atomic mass is 16.5. The second-order valence-corrected chi connectivity index (χ2v) is 5.78. The third-order valence-electron chi connectivity index (χ3n) is 4.39. The molecule has 0 fully saturated rings. The van der Waals surface area contributed by atoms with Crippen molar-refractivity contribution in [3.63, 3.8) is 0 Å². The molecule has 2 aromatic carbocycles. The van der Waals surface area contributed by atoms with E-state index in [1.54, 1.807) is 28.4 Å². The Morgan fingerprint density at radius 2 is 1.35 bits per heavy atom. The molecular formula is C21H23NO4. The molecule has 0 radical (unpaired) electrons. The molecule has 0 amide bonds. The summed E-state index contributed by atoms with van der Waals surface area (Å²) in [6, 6.07) is 16.0. The second kappa shape index (κ2) is 7.44. The predicted molar refractivity (Wildman–Crippen MR) is 102 cm³/mol. The van der Waals surface area contributed by atoms with Gasteiger partial charge in [0.2, 0.25) is 5.75 Å². The van der Waals surface area contributed by atoms with E-state index in [2.05, 4.69) is 23.6 Å². The zero-order valence-corrected chi connectivity index (χ0v) is 15.7. The lowest BCUT2D eigenvalue weighted by molar-refractivity contribution is 0.325. The van der Waals surface area contributed by atoms with Gasteiger partial charge >= 0.3 is 0 Å². The Labute approximate surface area is 153 Å². The fourth-order valence-electron chi connectivity index (χ4n) is 3.13. The van der Waals surface area contributed by atoms with Gasteiger partial charge in [-0.25, -0.2) is 0 Å². The van der Waals surface area contributed by atoms with E-state index in [1.807, 2.05) is 36.4 Å². The van der Waals surface area contributed by atoms with Gasteiger partial charge in [0.15, 0.2) is 11.5 Å². The van der Waals surface area contributed by atoms with Gasteiger partial charge in [-0.2, -0.15) is 0 Å². The molecule has 0 spiro atoms. The van der Waals surface area contributed by atoms with E-state index in [0.29, 0.717) is 17.2 Å². The summed E-state index contributed by atoms with van der Waals surface area (Å²) in [7, 11) is 6.52. The van der Waals surface area contributed by atoms with Crippen LogP contribution in [0.5, 0.6) is 23.0 Å². The number of hydrogen-bond donors (Lipinski definition) is 0. The van der Waals surface area contributed by atoms with Gasteiger partial charge in [0.1, 0.15) is 5.75 Å². The number of rotatable bonds is 6. The zero-order valence-electron chi connectivity index (χ0n) is 15.7. The Morgan fingerprint density at radius 1 is 0.654 bits per heavy atom. The van der Waals surface area contributed by atoms with Crippen molar-refractivity contribution in [1.29, 1.82) is 0 Å². The molecule has 3 rings (SSSR count). The van der Waals surface area contributed by atoms with Crippen LogP contribution in [-0.2, 0) is 0 Å². The monoisotopic (exact) mass is 353 g/mol. The Balaban J connectivity index is 2.20. The average Bonchev–Trinajstić information content (AvgIpc) is 3.07. The van der Waals surface area contributed by atoms with Gasteiger partial charge in [-0.3, -0.25) is 0 Å². The first-order chi connectivity index (χ1) is 12.6. The van der Waals surface area contributed by atoms with Crippen LogP contribution in [0.4, 0.5) is 0 Å². The van der Waals surface area contributed by atoms with E-state index in [0.717, 1.165) is 28.4 Å². The molecule has 0 aliphatic rings. The van der Waals surface area contributed by atoms with Crippen molar-refractivity contribution in [2.24, 2.45) is 0 Å². The van der Waals surface area contributed by atoms with E-state index in [-0.39, 0.29) is 0 Å². The summed E-state index contributed by atoms with van der Waals surface area (Å²) in [6.45, 7) is 2.07. The predicted octanol–water partition coefficient (Wildman–Crippen LogP) is 4.49. The highest BCUT2D eigenvalue weighted by Crippen LogP contribution is 2.45. The molecule has 1 aromatic heterocycles. The Hall–Kier alpha value is -3.08. The summed E-state index contributed by atoms with van der Waals surface area (Å²) in [5.41, 5.74) is 4.08. The SMILES string of the molecule is COc1ccc(-n2c(C)ccc2-c2ccc(OC)c(OC)c2OC)cc1. The molecular weight excluding hydrogens is 330 g/mol. The molecule has 5 nitrogen and oxygen atoms in total. The number of hydrogen-bond acceptors (Lipinski definition) is 4. The Morgan fingerprint density at radius 3 is 1.92 bits per heavy atom. The average molecular weight is 353 g/mol. The highest BCUT2D eigenvalue weighted by molar-refractivity contribution is 5.76. The topological polar surface area (TPSA) is 41.9 Å². The van der Waals surface area contributed by atoms with Crippen molar-refractivity contribution < 1.29 is 18.9 Å². The van der Waals surface area contributed by atoms with Gasteiger partial charge in [0.05, 0.1) is 34.1 Å². The molecule has 0 saturated heterocycles. The third kappa shape index (κ3) is 2.96. The summed E-state index contributed by atoms with van der Waals surface area (Å²) in [5.74, 6) is 2.67. The first-order valence-electron chi connectivity index (χ1n) is 8.26. The summed E-state index contributed by atoms with van der Waals surface area (Å²) in [4.78, 5) is 0. The van der Waals surface area contributed by atoms with Crippen molar-refractivity contribution in [2.45, 2.75) is 6.92 Å². The van der Waals surface area contributed by atoms with E-state index in [4.69, 9.17) is 18.9 Å². The molecule has 3 aromatic rings. The highest BCUT2D eigenvalue weighted by Gasteiger charge is 2.20. The quantitative estimate of drug-likeness (QED) is 0.655. The van der Waals surface area contributed by atoms with Crippen LogP contribution in [0.2, 0.25) is 0 Å². The van der Waals surface area contributed by atoms with E-state index < -0.39 is 0 Å². The standard InChI is InChI=1S/C21H23NO4/c1-14-6-12-18(22(14)15-7-9-16(23-2)10-8-15)17-11-13-19(24-3)21(26-5)20(17)25-4/h6-13H,1-5H3. The lowest BCUT2D eigenvalue weighted by Gasteiger charge is -2.18. The number of methoxy groups -OCH3 is 4. The zero-order chi connectivity index (χ0) is 18.7. The Kier molecular flexibility index (Phi) is 5.07. The summed E-state index contributed by atoms with van der Waals surface area (Å²) in [6.07, 6.45) is 0. The van der Waals surface area contributed by atoms with Crippen LogP contribution in [-0.4, -0.2) is 33.0 Å². The van der Waals surface area contributed by atoms with Gasteiger partial charge in [0, 0.05) is 16.9 Å². The number of nitrogens with zero attached hydrogens (tertiary/aromatic N) is 1. The maximum atomic E-state index is 5.66. The van der Waals surface area contributed by atoms with Gasteiger partial charge in [0.25, 0.3) is 0 Å². The normalized spacial score (nSPS) is 10.5. The van der Waals surface area contributed by atoms with Crippen molar-refractivity contribution >= 4 is 0 Å². The van der Waals surface area contributed by atoms with Gasteiger partial charge in [-0.1, -0.05) is 0 Å². The molecule has 0 aliphatic heterocycles. The van der Waals surface area contributed by atoms with Crippen molar-refractivity contribution in [3.05, 3.63) is 54.2 Å². The molecule has 0 unspecified atom stereocenters. The van der Waals surface area contributed by atoms with Crippen LogP contribution < -0.4 is 18.9 Å². The first kappa shape index (κ1) is 17.7. The summed E-state index contributed by atoms with van der Waals surface area (Å²) >= 11 is 0. The lowest BCUT2D eigenvalue weighted by Crippen LogP contribution is -2.02. The van der Waals surface area contributed by atoms with Crippen LogP contribution in [0.1, 0.15) is 5.69 Å². The fourth-order valence-corrected chi connectivity index (χ4v) is 3.13. The minimum atomic E-state index is 0.577. The van der Waals surface area contributed by atoms with Crippen LogP contribution in [0.25, 0.3) is 16.9 Å². The number of aromatic nitrogens is 1. The van der Waals surface area contributed by atoms with Crippen molar-refractivity contribution in [1.82, 2.24) is 4.57 Å². The molecule has 1 heterocycles. The van der Waals surface area contributed by atoms with Gasteiger partial charge in [-0.15, -0.1) is 0 Å². The Bertz CT molecular complexity index is 897. The van der Waals surface area contributed by atoms with Crippen LogP contribution in [0, 0.1) is 6.92 Å². The number of ether oxygens (including phenoxy) is 4. The largest absolute Gasteiger partial charge is 0.497 e. The molecule has 136 valence electrons. The minimum absolute atomic E-state index is 0.577. The second-order valence-electron chi connectivity index (χ2n) is 5.78. The van der Waals surface area contributed by atoms with Crippen molar-refractivity contribution in [2.75, 3.05) is 28.4 Å². The van der Waals surface area contributed by atoms with E-state index in [1.165, 1.54) is 0 Å². The first-order valence-corrected chi connectivity index (χ1v) is 8.26. The lowest BCUT2D eigenvalue weighted by atomic mass is 10.1. The third-order valence-corrected chi connectivity index (χ3v) is 4.39. The van der Waals surface area contributed by atoms with Gasteiger partial charge in [-0.05, 0) is 55.5 Å². The molecule has 5 heteroatoms. The number of benzene rings is 2. The number of aryl methyl sites for hydroxylation is 1. The van der Waals surface area contributed by atoms with Crippen molar-refractivity contribution in [3.8, 4) is 39.9 Å².